The van der Waals surface area contributed by atoms with Gasteiger partial charge < -0.3 is 19.5 Å². The maximum atomic E-state index is 15.5. The number of nitrogens with zero attached hydrogens (tertiary/aromatic N) is 2. The molecule has 2 amide bonds. The molecule has 1 aliphatic heterocycles. The maximum absolute atomic E-state index is 15.5. The van der Waals surface area contributed by atoms with Crippen molar-refractivity contribution in [2.45, 2.75) is 81.7 Å². The number of aromatic nitrogens is 1. The number of methoxy groups -OCH3 is 1. The molecule has 2 heterocycles. The minimum atomic E-state index is -1.48. The summed E-state index contributed by atoms with van der Waals surface area (Å²) in [5, 5.41) is 3.35. The Balaban J connectivity index is 1.45. The van der Waals surface area contributed by atoms with Gasteiger partial charge in [-0.05, 0) is 92.6 Å². The predicted molar refractivity (Wildman–Crippen MR) is 179 cm³/mol. The lowest BCUT2D eigenvalue weighted by molar-refractivity contribution is -0.136. The van der Waals surface area contributed by atoms with E-state index in [1.165, 1.54) is 11.0 Å². The first-order chi connectivity index (χ1) is 21.9. The maximum Gasteiger partial charge on any atom is 0.247 e. The minimum absolute atomic E-state index is 0.0124. The smallest absolute Gasteiger partial charge is 0.247 e. The van der Waals surface area contributed by atoms with E-state index in [-0.39, 0.29) is 37.1 Å². The molecule has 3 aromatic rings. The average molecular weight is 669 g/mol. The van der Waals surface area contributed by atoms with E-state index in [9.17, 15) is 14.1 Å². The summed E-state index contributed by atoms with van der Waals surface area (Å²) in [7, 11) is 1.55. The molecule has 0 unspecified atom stereocenters. The number of anilines is 1. The zero-order valence-electron chi connectivity index (χ0n) is 26.7. The number of amides is 2. The van der Waals surface area contributed by atoms with Crippen LogP contribution in [0.5, 0.6) is 0 Å². The molecule has 1 aromatic heterocycles. The number of nitrogens with one attached hydrogen (secondary N) is 2. The van der Waals surface area contributed by atoms with Gasteiger partial charge in [0.25, 0.3) is 0 Å². The molecule has 1 aliphatic carbocycles. The molecule has 0 spiro atoms. The number of likely N-dealkylation sites (tertiary alicyclic amines) is 1. The van der Waals surface area contributed by atoms with Crippen molar-refractivity contribution in [2.75, 3.05) is 19.0 Å². The van der Waals surface area contributed by atoms with Crippen LogP contribution < -0.4 is 10.0 Å². The Hall–Kier alpha value is -3.02. The van der Waals surface area contributed by atoms with Crippen molar-refractivity contribution in [3.05, 3.63) is 94.5 Å². The molecule has 46 heavy (non-hydrogen) atoms. The summed E-state index contributed by atoms with van der Waals surface area (Å²) in [5.74, 6) is -0.765. The highest BCUT2D eigenvalue weighted by molar-refractivity contribution is 7.90. The van der Waals surface area contributed by atoms with Crippen molar-refractivity contribution in [1.82, 2.24) is 14.6 Å². The highest BCUT2D eigenvalue weighted by Gasteiger charge is 2.44. The lowest BCUT2D eigenvalue weighted by atomic mass is 9.79. The van der Waals surface area contributed by atoms with Gasteiger partial charge in [-0.15, -0.1) is 4.72 Å². The summed E-state index contributed by atoms with van der Waals surface area (Å²) in [6.45, 7) is 5.96. The number of pyridine rings is 1. The van der Waals surface area contributed by atoms with Crippen LogP contribution in [0.1, 0.15) is 69.6 Å². The van der Waals surface area contributed by atoms with E-state index in [0.29, 0.717) is 22.9 Å². The molecule has 1 saturated carbocycles. The van der Waals surface area contributed by atoms with Gasteiger partial charge in [0.15, 0.2) is 0 Å². The van der Waals surface area contributed by atoms with Gasteiger partial charge in [-0.1, -0.05) is 42.6 Å². The largest absolute Gasteiger partial charge is 0.598 e. The number of rotatable bonds is 12. The lowest BCUT2D eigenvalue weighted by Crippen LogP contribution is -2.52. The van der Waals surface area contributed by atoms with Gasteiger partial charge in [0.2, 0.25) is 11.8 Å². The molecule has 0 bridgehead atoms. The Bertz CT molecular complexity index is 1520. The van der Waals surface area contributed by atoms with Gasteiger partial charge >= 0.3 is 0 Å². The van der Waals surface area contributed by atoms with Crippen LogP contribution in [0.15, 0.2) is 67.0 Å². The molecule has 2 N–H and O–H groups in total. The Morgan fingerprint density at radius 3 is 2.41 bits per heavy atom. The molecular weight excluding hydrogens is 627 g/mol. The Labute approximate surface area is 278 Å². The van der Waals surface area contributed by atoms with Gasteiger partial charge in [-0.25, -0.2) is 4.39 Å². The van der Waals surface area contributed by atoms with Crippen LogP contribution in [0.3, 0.4) is 0 Å². The molecule has 0 radical (unpaired) electrons. The molecule has 4 atom stereocenters. The summed E-state index contributed by atoms with van der Waals surface area (Å²) in [5.41, 5.74) is 1.34. The first-order valence-electron chi connectivity index (χ1n) is 15.7. The number of halogens is 2. The number of ether oxygens (including phenoxy) is 1. The molecule has 2 fully saturated rings. The Morgan fingerprint density at radius 2 is 1.78 bits per heavy atom. The van der Waals surface area contributed by atoms with Gasteiger partial charge in [-0.2, -0.15) is 0 Å². The van der Waals surface area contributed by atoms with E-state index in [0.717, 1.165) is 30.4 Å². The van der Waals surface area contributed by atoms with Crippen molar-refractivity contribution < 1.29 is 23.3 Å². The molecule has 2 aliphatic rings. The van der Waals surface area contributed by atoms with E-state index in [1.54, 1.807) is 55.9 Å². The summed E-state index contributed by atoms with van der Waals surface area (Å²) >= 11 is 4.53. The summed E-state index contributed by atoms with van der Waals surface area (Å²) in [4.78, 5) is 32.9. The third-order valence-electron chi connectivity index (χ3n) is 8.83. The van der Waals surface area contributed by atoms with Crippen LogP contribution in [0.4, 0.5) is 10.1 Å². The van der Waals surface area contributed by atoms with E-state index < -0.39 is 39.4 Å². The highest BCUT2D eigenvalue weighted by atomic mass is 35.5. The fourth-order valence-electron chi connectivity index (χ4n) is 5.87. The zero-order chi connectivity index (χ0) is 33.1. The standard InChI is InChI=1S/C35H42ClFN4O4S/c1-34(2,3)46(44)40-35(16-13-23-5-6-23,25-14-17-38-18-15-25)26-9-12-29(37)30(20-26)39-33(43)31-21-28(45-4)22-41(31)32(42)19-24-7-10-27(36)11-8-24/h7-12,14-15,17-18,20,23,28,31,40H,5-6,13,16,19,21-22H2,1-4H3,(H,39,43)/t28-,31-,35+,46-/m1/s1. The predicted octanol–water partition coefficient (Wildman–Crippen LogP) is 6.16. The van der Waals surface area contributed by atoms with Crippen molar-refractivity contribution >= 4 is 40.5 Å². The van der Waals surface area contributed by atoms with Crippen LogP contribution in [-0.4, -0.2) is 56.8 Å². The monoisotopic (exact) mass is 668 g/mol. The van der Waals surface area contributed by atoms with Crippen LogP contribution in [0, 0.1) is 11.7 Å². The van der Waals surface area contributed by atoms with E-state index in [4.69, 9.17) is 16.3 Å². The van der Waals surface area contributed by atoms with E-state index in [2.05, 4.69) is 15.0 Å². The SMILES string of the molecule is CO[C@@H]1C[C@H](C(=O)Nc2cc([C@@](CCC3CC3)(N[S@+]([O-])C(C)(C)C)c3ccncc3)ccc2F)N(C(=O)Cc2ccc(Cl)cc2)C1. The fourth-order valence-corrected chi connectivity index (χ4v) is 6.96. The van der Waals surface area contributed by atoms with Crippen LogP contribution in [0.2, 0.25) is 5.02 Å². The number of hydrogen-bond acceptors (Lipinski definition) is 6. The van der Waals surface area contributed by atoms with Crippen molar-refractivity contribution in [1.29, 1.82) is 0 Å². The normalized spacial score (nSPS) is 20.3. The van der Waals surface area contributed by atoms with Crippen LogP contribution in [-0.2, 0) is 37.6 Å². The van der Waals surface area contributed by atoms with Gasteiger partial charge in [-0.3, -0.25) is 14.6 Å². The van der Waals surface area contributed by atoms with Crippen LogP contribution >= 0.6 is 11.6 Å². The third kappa shape index (κ3) is 8.09. The average Bonchev–Trinajstić information content (AvgIpc) is 3.76. The quantitative estimate of drug-likeness (QED) is 0.224. The highest BCUT2D eigenvalue weighted by Crippen LogP contribution is 2.43. The minimum Gasteiger partial charge on any atom is -0.598 e. The Kier molecular flexibility index (Phi) is 10.7. The summed E-state index contributed by atoms with van der Waals surface area (Å²) < 4.78 is 37.6. The lowest BCUT2D eigenvalue weighted by Gasteiger charge is -2.39. The number of benzene rings is 2. The molecule has 8 nitrogen and oxygen atoms in total. The fraction of sp³-hybridized carbons (Fsp3) is 0.457. The zero-order valence-corrected chi connectivity index (χ0v) is 28.3. The molecular formula is C35H42ClFN4O4S. The first-order valence-corrected chi connectivity index (χ1v) is 17.2. The van der Waals surface area contributed by atoms with E-state index in [1.807, 2.05) is 32.9 Å². The van der Waals surface area contributed by atoms with Crippen molar-refractivity contribution in [3.8, 4) is 0 Å². The second-order valence-electron chi connectivity index (χ2n) is 13.2. The van der Waals surface area contributed by atoms with Gasteiger partial charge in [0.05, 0.1) is 18.2 Å². The second-order valence-corrected chi connectivity index (χ2v) is 15.7. The first kappa shape index (κ1) is 34.3. The third-order valence-corrected chi connectivity index (χ3v) is 10.7. The molecule has 1 saturated heterocycles. The number of carbonyl (C=O) groups is 2. The molecule has 5 rings (SSSR count). The van der Waals surface area contributed by atoms with Gasteiger partial charge in [0.1, 0.15) is 22.1 Å². The second kappa shape index (κ2) is 14.4. The molecule has 246 valence electrons. The van der Waals surface area contributed by atoms with E-state index >= 15 is 4.39 Å². The van der Waals surface area contributed by atoms with Crippen molar-refractivity contribution in [3.63, 3.8) is 0 Å². The topological polar surface area (TPSA) is 107 Å². The molecule has 2 aromatic carbocycles. The summed E-state index contributed by atoms with van der Waals surface area (Å²) in [6.07, 6.45) is 7.23. The van der Waals surface area contributed by atoms with Gasteiger partial charge in [0, 0.05) is 48.9 Å². The molecule has 11 heteroatoms. The number of carbonyl (C=O) groups excluding carboxylic acids is 2. The van der Waals surface area contributed by atoms with Crippen LogP contribution in [0.25, 0.3) is 0 Å². The summed E-state index contributed by atoms with van der Waals surface area (Å²) in [6, 6.07) is 14.5. The number of hydrogen-bond donors (Lipinski definition) is 2. The Morgan fingerprint density at radius 1 is 1.09 bits per heavy atom. The van der Waals surface area contributed by atoms with Crippen molar-refractivity contribution in [2.24, 2.45) is 5.92 Å².